The van der Waals surface area contributed by atoms with E-state index in [4.69, 9.17) is 11.6 Å². The van der Waals surface area contributed by atoms with Crippen LogP contribution in [0.15, 0.2) is 57.2 Å². The van der Waals surface area contributed by atoms with Crippen LogP contribution in [-0.4, -0.2) is 31.3 Å². The third kappa shape index (κ3) is 4.21. The molecule has 8 nitrogen and oxygen atoms in total. The van der Waals surface area contributed by atoms with Crippen molar-refractivity contribution < 1.29 is 9.90 Å². The first-order valence-electron chi connectivity index (χ1n) is 10.5. The largest absolute Gasteiger partial charge is 0.493 e. The minimum atomic E-state index is -0.766. The second-order valence-corrected chi connectivity index (χ2v) is 8.49. The van der Waals surface area contributed by atoms with Crippen molar-refractivity contribution in [2.24, 2.45) is 5.10 Å². The molecular formula is C24H23ClN4O4. The van der Waals surface area contributed by atoms with Gasteiger partial charge in [-0.1, -0.05) is 36.7 Å². The fourth-order valence-corrected chi connectivity index (χ4v) is 4.23. The first-order chi connectivity index (χ1) is 15.7. The van der Waals surface area contributed by atoms with E-state index in [1.165, 1.54) is 5.01 Å². The van der Waals surface area contributed by atoms with Gasteiger partial charge in [0.25, 0.3) is 5.56 Å². The number of hydrazone groups is 1. The van der Waals surface area contributed by atoms with Gasteiger partial charge < -0.3 is 5.11 Å². The normalized spacial score (nSPS) is 15.6. The van der Waals surface area contributed by atoms with Crippen LogP contribution in [0.5, 0.6) is 5.88 Å². The summed E-state index contributed by atoms with van der Waals surface area (Å²) in [6.07, 6.45) is 0.403. The maximum absolute atomic E-state index is 12.8. The van der Waals surface area contributed by atoms with E-state index in [0.29, 0.717) is 10.7 Å². The number of carbonyl (C=O) groups is 1. The summed E-state index contributed by atoms with van der Waals surface area (Å²) in [6.45, 7) is 5.47. The number of nitrogens with one attached hydrogen (secondary N) is 1. The number of aromatic nitrogens is 2. The Morgan fingerprint density at radius 3 is 2.39 bits per heavy atom. The van der Waals surface area contributed by atoms with Crippen molar-refractivity contribution in [3.8, 4) is 11.6 Å². The van der Waals surface area contributed by atoms with Crippen molar-refractivity contribution in [1.82, 2.24) is 14.6 Å². The lowest BCUT2D eigenvalue weighted by Gasteiger charge is -2.21. The molecule has 0 bridgehead atoms. The number of amides is 1. The number of aryl methyl sites for hydroxylation is 2. The first kappa shape index (κ1) is 22.5. The summed E-state index contributed by atoms with van der Waals surface area (Å²) >= 11 is 6.00. The molecule has 170 valence electrons. The van der Waals surface area contributed by atoms with Gasteiger partial charge in [-0.15, -0.1) is 0 Å². The number of aromatic amines is 1. The van der Waals surface area contributed by atoms with E-state index in [1.807, 2.05) is 19.9 Å². The topological polar surface area (TPSA) is 108 Å². The zero-order valence-electron chi connectivity index (χ0n) is 18.4. The Morgan fingerprint density at radius 1 is 1.15 bits per heavy atom. The maximum Gasteiger partial charge on any atom is 0.335 e. The van der Waals surface area contributed by atoms with E-state index in [2.05, 4.69) is 10.1 Å². The fourth-order valence-electron chi connectivity index (χ4n) is 4.10. The van der Waals surface area contributed by atoms with E-state index in [0.717, 1.165) is 21.3 Å². The average Bonchev–Trinajstić information content (AvgIpc) is 3.17. The molecule has 4 rings (SSSR count). The molecule has 0 fully saturated rings. The van der Waals surface area contributed by atoms with E-state index < -0.39 is 23.2 Å². The predicted molar refractivity (Wildman–Crippen MR) is 126 cm³/mol. The van der Waals surface area contributed by atoms with Gasteiger partial charge in [0.1, 0.15) is 5.56 Å². The summed E-state index contributed by atoms with van der Waals surface area (Å²) < 4.78 is 1.04. The number of nitrogens with zero attached hydrogens (tertiary/aromatic N) is 3. The van der Waals surface area contributed by atoms with Gasteiger partial charge >= 0.3 is 5.69 Å². The van der Waals surface area contributed by atoms with Gasteiger partial charge in [0.05, 0.1) is 17.4 Å². The molecule has 3 aromatic rings. The molecule has 1 amide bonds. The molecule has 9 heteroatoms. The molecule has 2 aromatic carbocycles. The highest BCUT2D eigenvalue weighted by Gasteiger charge is 2.35. The Balaban J connectivity index is 1.86. The monoisotopic (exact) mass is 466 g/mol. The van der Waals surface area contributed by atoms with Crippen LogP contribution >= 0.6 is 11.6 Å². The van der Waals surface area contributed by atoms with Crippen LogP contribution in [0.4, 0.5) is 0 Å². The van der Waals surface area contributed by atoms with E-state index >= 15 is 0 Å². The molecule has 1 aliphatic heterocycles. The molecule has 2 heterocycles. The van der Waals surface area contributed by atoms with Gasteiger partial charge in [-0.05, 0) is 54.8 Å². The average molecular weight is 467 g/mol. The zero-order valence-corrected chi connectivity index (χ0v) is 19.2. The highest BCUT2D eigenvalue weighted by molar-refractivity contribution is 6.30. The van der Waals surface area contributed by atoms with E-state index in [-0.39, 0.29) is 30.0 Å². The third-order valence-electron chi connectivity index (χ3n) is 5.56. The molecule has 2 N–H and O–H groups in total. The Kier molecular flexibility index (Phi) is 5.95. The number of rotatable bonds is 4. The number of hydrogen-bond donors (Lipinski definition) is 2. The van der Waals surface area contributed by atoms with E-state index in [1.54, 1.807) is 43.3 Å². The minimum Gasteiger partial charge on any atom is -0.493 e. The van der Waals surface area contributed by atoms with Crippen molar-refractivity contribution in [2.75, 3.05) is 0 Å². The molecular weight excluding hydrogens is 444 g/mol. The predicted octanol–water partition coefficient (Wildman–Crippen LogP) is 3.59. The van der Waals surface area contributed by atoms with Crippen LogP contribution < -0.4 is 11.2 Å². The standard InChI is InChI=1S/C24H23ClN4O4/c1-4-20(30)29-19(15-5-7-16(25)8-6-15)12-18(27-29)21-22(31)26-24(33)28(23(21)32)17-10-13(2)9-14(3)11-17/h5-11,19,32H,4,12H2,1-3H3,(H,26,31,33). The molecule has 1 aromatic heterocycles. The Morgan fingerprint density at radius 2 is 1.79 bits per heavy atom. The lowest BCUT2D eigenvalue weighted by molar-refractivity contribution is -0.132. The summed E-state index contributed by atoms with van der Waals surface area (Å²) in [5.74, 6) is -0.753. The minimum absolute atomic E-state index is 0.140. The van der Waals surface area contributed by atoms with Crippen molar-refractivity contribution >= 4 is 23.2 Å². The van der Waals surface area contributed by atoms with Gasteiger partial charge in [0.15, 0.2) is 0 Å². The summed E-state index contributed by atoms with van der Waals surface area (Å²) in [6, 6.07) is 12.0. The highest BCUT2D eigenvalue weighted by atomic mass is 35.5. The number of halogens is 1. The summed E-state index contributed by atoms with van der Waals surface area (Å²) in [5.41, 5.74) is 1.54. The second-order valence-electron chi connectivity index (χ2n) is 8.05. The third-order valence-corrected chi connectivity index (χ3v) is 5.81. The van der Waals surface area contributed by atoms with E-state index in [9.17, 15) is 19.5 Å². The molecule has 1 aliphatic rings. The first-order valence-corrected chi connectivity index (χ1v) is 10.9. The Hall–Kier alpha value is -3.65. The van der Waals surface area contributed by atoms with Crippen LogP contribution in [0.3, 0.4) is 0 Å². The lowest BCUT2D eigenvalue weighted by atomic mass is 9.99. The van der Waals surface area contributed by atoms with Crippen LogP contribution in [0.25, 0.3) is 5.69 Å². The molecule has 1 atom stereocenters. The number of aromatic hydroxyl groups is 1. The summed E-state index contributed by atoms with van der Waals surface area (Å²) in [4.78, 5) is 40.3. The van der Waals surface area contributed by atoms with Gasteiger partial charge in [-0.25, -0.2) is 14.4 Å². The second kappa shape index (κ2) is 8.71. The summed E-state index contributed by atoms with van der Waals surface area (Å²) in [7, 11) is 0. The molecule has 0 saturated heterocycles. The molecule has 0 spiro atoms. The molecule has 33 heavy (non-hydrogen) atoms. The Labute approximate surface area is 194 Å². The van der Waals surface area contributed by atoms with Crippen molar-refractivity contribution in [2.45, 2.75) is 39.7 Å². The molecule has 0 aliphatic carbocycles. The fraction of sp³-hybridized carbons (Fsp3) is 0.250. The zero-order chi connectivity index (χ0) is 23.9. The molecule has 1 unspecified atom stereocenters. The number of benzene rings is 2. The number of carbonyl (C=O) groups excluding carboxylic acids is 1. The van der Waals surface area contributed by atoms with Gasteiger partial charge in [-0.3, -0.25) is 14.6 Å². The van der Waals surface area contributed by atoms with Gasteiger partial charge in [-0.2, -0.15) is 5.10 Å². The quantitative estimate of drug-likeness (QED) is 0.612. The van der Waals surface area contributed by atoms with Crippen LogP contribution in [0, 0.1) is 13.8 Å². The van der Waals surface area contributed by atoms with Crippen LogP contribution in [-0.2, 0) is 4.79 Å². The highest BCUT2D eigenvalue weighted by Crippen LogP contribution is 2.34. The lowest BCUT2D eigenvalue weighted by Crippen LogP contribution is -2.33. The van der Waals surface area contributed by atoms with Crippen molar-refractivity contribution in [3.05, 3.63) is 90.6 Å². The number of H-pyrrole nitrogens is 1. The molecule has 0 saturated carbocycles. The number of hydrogen-bond acceptors (Lipinski definition) is 5. The van der Waals surface area contributed by atoms with Crippen molar-refractivity contribution in [1.29, 1.82) is 0 Å². The van der Waals surface area contributed by atoms with Gasteiger partial charge in [0.2, 0.25) is 11.8 Å². The van der Waals surface area contributed by atoms with Gasteiger partial charge in [0, 0.05) is 17.9 Å². The van der Waals surface area contributed by atoms with Crippen LogP contribution in [0.1, 0.15) is 48.1 Å². The molecule has 0 radical (unpaired) electrons. The Bertz CT molecular complexity index is 1370. The SMILES string of the molecule is CCC(=O)N1N=C(c2c(O)n(-c3cc(C)cc(C)c3)c(=O)[nH]c2=O)CC1c1ccc(Cl)cc1. The maximum atomic E-state index is 12.8. The summed E-state index contributed by atoms with van der Waals surface area (Å²) in [5, 5.41) is 17.3. The smallest absolute Gasteiger partial charge is 0.335 e. The van der Waals surface area contributed by atoms with Crippen molar-refractivity contribution in [3.63, 3.8) is 0 Å². The van der Waals surface area contributed by atoms with Crippen LogP contribution in [0.2, 0.25) is 5.02 Å².